The lowest BCUT2D eigenvalue weighted by molar-refractivity contribution is -0.136. The smallest absolute Gasteiger partial charge is 0.307 e. The Morgan fingerprint density at radius 3 is 2.64 bits per heavy atom. The van der Waals surface area contributed by atoms with Crippen molar-refractivity contribution in [1.82, 2.24) is 0 Å². The molecule has 6 heteroatoms. The van der Waals surface area contributed by atoms with Gasteiger partial charge in [-0.15, -0.1) is 0 Å². The fourth-order valence-corrected chi connectivity index (χ4v) is 4.71. The minimum absolute atomic E-state index is 0.00750. The van der Waals surface area contributed by atoms with Crippen LogP contribution in [0.3, 0.4) is 0 Å². The molecule has 1 heterocycles. The van der Waals surface area contributed by atoms with Crippen LogP contribution in [-0.4, -0.2) is 24.3 Å². The molecule has 0 aliphatic carbocycles. The van der Waals surface area contributed by atoms with Crippen LogP contribution in [0.4, 0.5) is 4.39 Å². The molecule has 3 N–H and O–H groups in total. The molecule has 1 aliphatic heterocycles. The number of ether oxygens (including phenoxy) is 2. The largest absolute Gasteiger partial charge is 0.488 e. The molecule has 5 nitrogen and oxygen atoms in total. The molecule has 1 fully saturated rings. The third kappa shape index (κ3) is 6.71. The highest BCUT2D eigenvalue weighted by molar-refractivity contribution is 5.71. The van der Waals surface area contributed by atoms with Gasteiger partial charge in [-0.05, 0) is 79.5 Å². The summed E-state index contributed by atoms with van der Waals surface area (Å²) in [5.41, 5.74) is 10.4. The summed E-state index contributed by atoms with van der Waals surface area (Å²) in [6, 6.07) is 18.4. The Hall–Kier alpha value is -3.22. The maximum Gasteiger partial charge on any atom is 0.307 e. The summed E-state index contributed by atoms with van der Waals surface area (Å²) in [6.45, 7) is 3.53. The number of rotatable bonds is 10. The van der Waals surface area contributed by atoms with E-state index < -0.39 is 5.97 Å². The number of halogens is 1. The van der Waals surface area contributed by atoms with E-state index in [-0.39, 0.29) is 24.9 Å². The van der Waals surface area contributed by atoms with Crippen molar-refractivity contribution in [1.29, 1.82) is 0 Å². The second kappa shape index (κ2) is 12.2. The molecule has 36 heavy (non-hydrogen) atoms. The Morgan fingerprint density at radius 1 is 1.11 bits per heavy atom. The molecule has 0 saturated carbocycles. The van der Waals surface area contributed by atoms with Gasteiger partial charge >= 0.3 is 5.97 Å². The van der Waals surface area contributed by atoms with Gasteiger partial charge in [0.15, 0.2) is 0 Å². The highest BCUT2D eigenvalue weighted by atomic mass is 19.1. The fourth-order valence-electron chi connectivity index (χ4n) is 4.71. The lowest BCUT2D eigenvalue weighted by atomic mass is 9.90. The van der Waals surface area contributed by atoms with Crippen LogP contribution in [0.25, 0.3) is 11.1 Å². The zero-order chi connectivity index (χ0) is 25.5. The molecule has 0 radical (unpaired) electrons. The first-order chi connectivity index (χ1) is 17.4. The Labute approximate surface area is 212 Å². The number of para-hydroxylation sites is 1. The van der Waals surface area contributed by atoms with Crippen LogP contribution >= 0.6 is 0 Å². The standard InChI is InChI=1S/C30H34FNO4/c1-20(32)23-6-4-7-24(17-23)27-16-22(10-9-21-11-13-35-14-12-21)15-26(30(27)31)19-36-28-8-3-2-5-25(28)18-29(33)34/h2-8,15-17,20-21H,9-14,18-19,32H2,1H3,(H,33,34)/t20-/m1/s1. The molecule has 3 aromatic rings. The van der Waals surface area contributed by atoms with Crippen LogP contribution in [0, 0.1) is 11.7 Å². The fraction of sp³-hybridized carbons (Fsp3) is 0.367. The van der Waals surface area contributed by atoms with Crippen molar-refractivity contribution in [3.8, 4) is 16.9 Å². The molecule has 190 valence electrons. The number of hydrogen-bond acceptors (Lipinski definition) is 4. The first-order valence-corrected chi connectivity index (χ1v) is 12.6. The van der Waals surface area contributed by atoms with Gasteiger partial charge in [0, 0.05) is 35.9 Å². The highest BCUT2D eigenvalue weighted by Gasteiger charge is 2.18. The second-order valence-electron chi connectivity index (χ2n) is 9.59. The predicted molar refractivity (Wildman–Crippen MR) is 138 cm³/mol. The van der Waals surface area contributed by atoms with E-state index in [2.05, 4.69) is 0 Å². The van der Waals surface area contributed by atoms with Crippen LogP contribution in [0.15, 0.2) is 60.7 Å². The first kappa shape index (κ1) is 25.9. The van der Waals surface area contributed by atoms with Gasteiger partial charge in [-0.2, -0.15) is 0 Å². The molecule has 1 saturated heterocycles. The van der Waals surface area contributed by atoms with E-state index in [4.69, 9.17) is 15.2 Å². The molecule has 3 aromatic carbocycles. The van der Waals surface area contributed by atoms with Gasteiger partial charge in [0.05, 0.1) is 6.42 Å². The van der Waals surface area contributed by atoms with Crippen molar-refractivity contribution < 1.29 is 23.8 Å². The Kier molecular flexibility index (Phi) is 8.73. The number of benzene rings is 3. The molecular formula is C30H34FNO4. The average Bonchev–Trinajstić information content (AvgIpc) is 2.88. The zero-order valence-electron chi connectivity index (χ0n) is 20.7. The van der Waals surface area contributed by atoms with Gasteiger partial charge in [0.2, 0.25) is 0 Å². The predicted octanol–water partition coefficient (Wildman–Crippen LogP) is 6.08. The molecule has 0 unspecified atom stereocenters. The average molecular weight is 492 g/mol. The summed E-state index contributed by atoms with van der Waals surface area (Å²) < 4.78 is 27.3. The van der Waals surface area contributed by atoms with E-state index in [0.717, 1.165) is 55.6 Å². The topological polar surface area (TPSA) is 81.8 Å². The summed E-state index contributed by atoms with van der Waals surface area (Å²) in [5.74, 6) is -0.213. The quantitative estimate of drug-likeness (QED) is 0.359. The van der Waals surface area contributed by atoms with E-state index >= 15 is 4.39 Å². The number of nitrogens with two attached hydrogens (primary N) is 1. The minimum atomic E-state index is -0.941. The van der Waals surface area contributed by atoms with Crippen molar-refractivity contribution in [2.75, 3.05) is 13.2 Å². The number of aliphatic carboxylic acids is 1. The van der Waals surface area contributed by atoms with Gasteiger partial charge in [-0.1, -0.05) is 36.4 Å². The molecule has 1 atom stereocenters. The van der Waals surface area contributed by atoms with Crippen molar-refractivity contribution in [2.24, 2.45) is 11.7 Å². The summed E-state index contributed by atoms with van der Waals surface area (Å²) in [4.78, 5) is 11.2. The van der Waals surface area contributed by atoms with Gasteiger partial charge in [-0.3, -0.25) is 4.79 Å². The second-order valence-corrected chi connectivity index (χ2v) is 9.59. The van der Waals surface area contributed by atoms with Crippen LogP contribution in [0.5, 0.6) is 5.75 Å². The van der Waals surface area contributed by atoms with Gasteiger partial charge < -0.3 is 20.3 Å². The van der Waals surface area contributed by atoms with Crippen LogP contribution in [-0.2, 0) is 29.0 Å². The van der Waals surface area contributed by atoms with Crippen LogP contribution in [0.2, 0.25) is 0 Å². The van der Waals surface area contributed by atoms with E-state index in [1.54, 1.807) is 24.3 Å². The maximum absolute atomic E-state index is 15.9. The molecule has 0 spiro atoms. The first-order valence-electron chi connectivity index (χ1n) is 12.6. The molecule has 1 aliphatic rings. The lowest BCUT2D eigenvalue weighted by Gasteiger charge is -2.22. The summed E-state index contributed by atoms with van der Waals surface area (Å²) in [7, 11) is 0. The normalized spacial score (nSPS) is 15.0. The zero-order valence-corrected chi connectivity index (χ0v) is 20.7. The monoisotopic (exact) mass is 491 g/mol. The van der Waals surface area contributed by atoms with Gasteiger partial charge in [0.25, 0.3) is 0 Å². The number of hydrogen-bond donors (Lipinski definition) is 2. The van der Waals surface area contributed by atoms with E-state index in [9.17, 15) is 9.90 Å². The summed E-state index contributed by atoms with van der Waals surface area (Å²) >= 11 is 0. The number of carboxylic acid groups (broad SMARTS) is 1. The number of aryl methyl sites for hydroxylation is 1. The Balaban J connectivity index is 1.64. The summed E-state index contributed by atoms with van der Waals surface area (Å²) in [5, 5.41) is 9.22. The Morgan fingerprint density at radius 2 is 1.89 bits per heavy atom. The maximum atomic E-state index is 15.9. The molecule has 0 aromatic heterocycles. The van der Waals surface area contributed by atoms with E-state index in [0.29, 0.717) is 28.4 Å². The van der Waals surface area contributed by atoms with Crippen molar-refractivity contribution in [3.63, 3.8) is 0 Å². The third-order valence-corrected chi connectivity index (χ3v) is 6.81. The SMILES string of the molecule is C[C@@H](N)c1cccc(-c2cc(CCC3CCOCC3)cc(COc3ccccc3CC(=O)O)c2F)c1. The van der Waals surface area contributed by atoms with E-state index in [1.165, 1.54) is 0 Å². The van der Waals surface area contributed by atoms with Crippen molar-refractivity contribution >= 4 is 5.97 Å². The number of carbonyl (C=O) groups is 1. The van der Waals surface area contributed by atoms with Crippen molar-refractivity contribution in [3.05, 3.63) is 88.7 Å². The molecule has 4 rings (SSSR count). The third-order valence-electron chi connectivity index (χ3n) is 6.81. The minimum Gasteiger partial charge on any atom is -0.488 e. The van der Waals surface area contributed by atoms with Crippen LogP contribution < -0.4 is 10.5 Å². The number of carboxylic acids is 1. The van der Waals surface area contributed by atoms with Gasteiger partial charge in [0.1, 0.15) is 18.2 Å². The molecule has 0 amide bonds. The highest BCUT2D eigenvalue weighted by Crippen LogP contribution is 2.31. The Bertz CT molecular complexity index is 1190. The van der Waals surface area contributed by atoms with Gasteiger partial charge in [-0.25, -0.2) is 4.39 Å². The summed E-state index contributed by atoms with van der Waals surface area (Å²) in [6.07, 6.45) is 3.82. The van der Waals surface area contributed by atoms with E-state index in [1.807, 2.05) is 43.3 Å². The lowest BCUT2D eigenvalue weighted by Crippen LogP contribution is -2.16. The molecule has 0 bridgehead atoms. The van der Waals surface area contributed by atoms with Crippen molar-refractivity contribution in [2.45, 2.75) is 51.7 Å². The molecular weight excluding hydrogens is 457 g/mol. The van der Waals surface area contributed by atoms with Crippen LogP contribution in [0.1, 0.15) is 54.5 Å².